The lowest BCUT2D eigenvalue weighted by molar-refractivity contribution is -0.138. The molecule has 0 atom stereocenters. The standard InChI is InChI=1S/C23H25F4N3S/c1-2-3-4-5-6-7-8-16-9-11-18(13-19(16)23(25,26)27)29-22-30-20(15-31-22)17-10-12-21(24)28-14-17/h9-15H,2-8H2,1H3,(H,29,30). The van der Waals surface area contributed by atoms with Crippen molar-refractivity contribution in [3.05, 3.63) is 59.0 Å². The minimum absolute atomic E-state index is 0.325. The van der Waals surface area contributed by atoms with Crippen LogP contribution in [0.1, 0.15) is 56.6 Å². The van der Waals surface area contributed by atoms with Crippen LogP contribution in [0, 0.1) is 5.95 Å². The fourth-order valence-corrected chi connectivity index (χ4v) is 4.09. The first-order chi connectivity index (χ1) is 14.9. The van der Waals surface area contributed by atoms with Gasteiger partial charge in [0.1, 0.15) is 0 Å². The summed E-state index contributed by atoms with van der Waals surface area (Å²) in [6.07, 6.45) is 3.58. The Morgan fingerprint density at radius 3 is 2.48 bits per heavy atom. The van der Waals surface area contributed by atoms with Crippen LogP contribution in [-0.2, 0) is 12.6 Å². The summed E-state index contributed by atoms with van der Waals surface area (Å²) < 4.78 is 53.8. The summed E-state index contributed by atoms with van der Waals surface area (Å²) in [6, 6.07) is 7.14. The number of nitrogens with one attached hydrogen (secondary N) is 1. The second-order valence-electron chi connectivity index (χ2n) is 7.42. The van der Waals surface area contributed by atoms with Crippen molar-refractivity contribution in [1.29, 1.82) is 0 Å². The molecule has 31 heavy (non-hydrogen) atoms. The van der Waals surface area contributed by atoms with Gasteiger partial charge in [0.25, 0.3) is 0 Å². The maximum atomic E-state index is 13.6. The van der Waals surface area contributed by atoms with E-state index in [-0.39, 0.29) is 0 Å². The number of rotatable bonds is 10. The lowest BCUT2D eigenvalue weighted by Gasteiger charge is -2.15. The van der Waals surface area contributed by atoms with E-state index in [4.69, 9.17) is 0 Å². The zero-order valence-electron chi connectivity index (χ0n) is 17.3. The van der Waals surface area contributed by atoms with Crippen LogP contribution < -0.4 is 5.32 Å². The first kappa shape index (κ1) is 23.2. The number of unbranched alkanes of at least 4 members (excludes halogenated alkanes) is 5. The molecule has 3 rings (SSSR count). The second kappa shape index (κ2) is 10.7. The number of aromatic nitrogens is 2. The van der Waals surface area contributed by atoms with Gasteiger partial charge in [0.15, 0.2) is 5.13 Å². The number of alkyl halides is 3. The van der Waals surface area contributed by atoms with Gasteiger partial charge < -0.3 is 5.32 Å². The lowest BCUT2D eigenvalue weighted by atomic mass is 9.99. The molecule has 1 N–H and O–H groups in total. The molecule has 2 heterocycles. The third kappa shape index (κ3) is 6.75. The summed E-state index contributed by atoms with van der Waals surface area (Å²) in [5, 5.41) is 5.15. The van der Waals surface area contributed by atoms with E-state index in [2.05, 4.69) is 22.2 Å². The average molecular weight is 452 g/mol. The molecule has 0 bridgehead atoms. The number of nitrogens with zero attached hydrogens (tertiary/aromatic N) is 2. The molecule has 0 fully saturated rings. The number of halogens is 4. The van der Waals surface area contributed by atoms with Gasteiger partial charge in [0.2, 0.25) is 5.95 Å². The first-order valence-corrected chi connectivity index (χ1v) is 11.3. The molecule has 0 radical (unpaired) electrons. The molecular weight excluding hydrogens is 426 g/mol. The highest BCUT2D eigenvalue weighted by molar-refractivity contribution is 7.14. The van der Waals surface area contributed by atoms with E-state index in [0.29, 0.717) is 34.1 Å². The molecule has 0 saturated carbocycles. The highest BCUT2D eigenvalue weighted by Gasteiger charge is 2.33. The van der Waals surface area contributed by atoms with E-state index >= 15 is 0 Å². The molecule has 0 unspecified atom stereocenters. The number of benzene rings is 1. The molecule has 0 saturated heterocycles. The molecule has 0 aliphatic heterocycles. The van der Waals surface area contributed by atoms with Crippen molar-refractivity contribution in [2.45, 2.75) is 58.0 Å². The van der Waals surface area contributed by atoms with Gasteiger partial charge in [0, 0.05) is 22.8 Å². The van der Waals surface area contributed by atoms with Gasteiger partial charge in [0.05, 0.1) is 11.3 Å². The van der Waals surface area contributed by atoms with Gasteiger partial charge in [-0.3, -0.25) is 0 Å². The normalized spacial score (nSPS) is 11.6. The number of anilines is 2. The molecule has 0 aliphatic rings. The number of thiazole rings is 1. The van der Waals surface area contributed by atoms with Crippen LogP contribution in [-0.4, -0.2) is 9.97 Å². The Kier molecular flexibility index (Phi) is 8.01. The minimum Gasteiger partial charge on any atom is -0.332 e. The van der Waals surface area contributed by atoms with Crippen LogP contribution in [0.2, 0.25) is 0 Å². The van der Waals surface area contributed by atoms with Gasteiger partial charge in [-0.25, -0.2) is 9.97 Å². The highest BCUT2D eigenvalue weighted by Crippen LogP contribution is 2.36. The number of pyridine rings is 1. The van der Waals surface area contributed by atoms with E-state index in [1.165, 1.54) is 30.0 Å². The number of aryl methyl sites for hydroxylation is 1. The van der Waals surface area contributed by atoms with Gasteiger partial charge in [-0.05, 0) is 42.7 Å². The molecule has 0 spiro atoms. The van der Waals surface area contributed by atoms with Crippen molar-refractivity contribution in [2.75, 3.05) is 5.32 Å². The van der Waals surface area contributed by atoms with Crippen molar-refractivity contribution in [3.63, 3.8) is 0 Å². The second-order valence-corrected chi connectivity index (χ2v) is 8.28. The van der Waals surface area contributed by atoms with E-state index in [0.717, 1.165) is 38.2 Å². The smallest absolute Gasteiger partial charge is 0.332 e. The molecular formula is C23H25F4N3S. The fourth-order valence-electron chi connectivity index (χ4n) is 3.35. The Balaban J connectivity index is 1.68. The van der Waals surface area contributed by atoms with Crippen molar-refractivity contribution in [3.8, 4) is 11.3 Å². The van der Waals surface area contributed by atoms with E-state index in [9.17, 15) is 17.6 Å². The summed E-state index contributed by atoms with van der Waals surface area (Å²) in [5.74, 6) is -0.585. The van der Waals surface area contributed by atoms with Gasteiger partial charge in [-0.15, -0.1) is 11.3 Å². The van der Waals surface area contributed by atoms with E-state index in [1.54, 1.807) is 23.6 Å². The predicted octanol–water partition coefficient (Wildman–Crippen LogP) is 8.01. The van der Waals surface area contributed by atoms with Crippen LogP contribution in [0.4, 0.5) is 28.4 Å². The summed E-state index contributed by atoms with van der Waals surface area (Å²) in [4.78, 5) is 7.96. The van der Waals surface area contributed by atoms with Crippen molar-refractivity contribution >= 4 is 22.2 Å². The Labute approximate surface area is 183 Å². The number of hydrogen-bond acceptors (Lipinski definition) is 4. The van der Waals surface area contributed by atoms with Crippen LogP contribution in [0.25, 0.3) is 11.3 Å². The maximum absolute atomic E-state index is 13.6. The Morgan fingerprint density at radius 1 is 1.00 bits per heavy atom. The zero-order valence-corrected chi connectivity index (χ0v) is 18.1. The largest absolute Gasteiger partial charge is 0.416 e. The Bertz CT molecular complexity index is 968. The van der Waals surface area contributed by atoms with Crippen molar-refractivity contribution in [2.24, 2.45) is 0 Å². The molecule has 3 nitrogen and oxygen atoms in total. The van der Waals surface area contributed by atoms with Crippen LogP contribution >= 0.6 is 11.3 Å². The molecule has 1 aromatic carbocycles. The number of hydrogen-bond donors (Lipinski definition) is 1. The molecule has 8 heteroatoms. The minimum atomic E-state index is -4.41. The molecule has 0 amide bonds. The van der Waals surface area contributed by atoms with Gasteiger partial charge in [-0.2, -0.15) is 17.6 Å². The van der Waals surface area contributed by atoms with Crippen molar-refractivity contribution < 1.29 is 17.6 Å². The quantitative estimate of drug-likeness (QED) is 0.193. The van der Waals surface area contributed by atoms with Crippen LogP contribution in [0.15, 0.2) is 41.9 Å². The Hall–Kier alpha value is -2.48. The summed E-state index contributed by atoms with van der Waals surface area (Å²) >= 11 is 1.26. The van der Waals surface area contributed by atoms with Crippen LogP contribution in [0.3, 0.4) is 0 Å². The van der Waals surface area contributed by atoms with Crippen LogP contribution in [0.5, 0.6) is 0 Å². The summed E-state index contributed by atoms with van der Waals surface area (Å²) in [7, 11) is 0. The van der Waals surface area contributed by atoms with Crippen molar-refractivity contribution in [1.82, 2.24) is 9.97 Å². The predicted molar refractivity (Wildman–Crippen MR) is 117 cm³/mol. The molecule has 0 aliphatic carbocycles. The highest BCUT2D eigenvalue weighted by atomic mass is 32.1. The van der Waals surface area contributed by atoms with Gasteiger partial charge >= 0.3 is 6.18 Å². The summed E-state index contributed by atoms with van der Waals surface area (Å²) in [5.41, 5.74) is 1.26. The van der Waals surface area contributed by atoms with E-state index < -0.39 is 17.7 Å². The Morgan fingerprint density at radius 2 is 1.77 bits per heavy atom. The third-order valence-electron chi connectivity index (χ3n) is 4.99. The summed E-state index contributed by atoms with van der Waals surface area (Å²) in [6.45, 7) is 2.14. The van der Waals surface area contributed by atoms with Gasteiger partial charge in [-0.1, -0.05) is 45.1 Å². The monoisotopic (exact) mass is 451 g/mol. The first-order valence-electron chi connectivity index (χ1n) is 10.4. The lowest BCUT2D eigenvalue weighted by Crippen LogP contribution is -2.10. The molecule has 3 aromatic rings. The molecule has 2 aromatic heterocycles. The fraction of sp³-hybridized carbons (Fsp3) is 0.391. The SMILES string of the molecule is CCCCCCCCc1ccc(Nc2nc(-c3ccc(F)nc3)cs2)cc1C(F)(F)F. The average Bonchev–Trinajstić information content (AvgIpc) is 3.19. The topological polar surface area (TPSA) is 37.8 Å². The maximum Gasteiger partial charge on any atom is 0.416 e. The van der Waals surface area contributed by atoms with E-state index in [1.807, 2.05) is 0 Å². The zero-order chi connectivity index (χ0) is 22.3. The third-order valence-corrected chi connectivity index (χ3v) is 5.75. The molecule has 166 valence electrons.